The average molecular weight is 354 g/mol. The molecule has 0 spiro atoms. The predicted molar refractivity (Wildman–Crippen MR) is 91.9 cm³/mol. The van der Waals surface area contributed by atoms with Crippen molar-refractivity contribution in [3.8, 4) is 0 Å². The van der Waals surface area contributed by atoms with E-state index in [0.29, 0.717) is 17.9 Å². The topological polar surface area (TPSA) is 75.6 Å². The highest BCUT2D eigenvalue weighted by atomic mass is 35.5. The van der Waals surface area contributed by atoms with Gasteiger partial charge in [0.2, 0.25) is 5.91 Å². The molecule has 1 aromatic rings. The number of nitrogens with one attached hydrogen (secondary N) is 1. The minimum Gasteiger partial charge on any atom is -0.481 e. The van der Waals surface area contributed by atoms with E-state index >= 15 is 0 Å². The molecule has 5 nitrogen and oxygen atoms in total. The largest absolute Gasteiger partial charge is 0.481 e. The quantitative estimate of drug-likeness (QED) is 0.821. The van der Waals surface area contributed by atoms with Crippen LogP contribution in [0.4, 0.5) is 0 Å². The first-order chi connectivity index (χ1) is 11.4. The van der Waals surface area contributed by atoms with Gasteiger partial charge in [-0.05, 0) is 43.9 Å². The zero-order valence-electron chi connectivity index (χ0n) is 14.0. The van der Waals surface area contributed by atoms with Gasteiger partial charge in [0.1, 0.15) is 6.10 Å². The number of carbonyl (C=O) groups excluding carboxylic acids is 1. The Balaban J connectivity index is 1.98. The molecule has 4 atom stereocenters. The van der Waals surface area contributed by atoms with Gasteiger partial charge in [-0.25, -0.2) is 0 Å². The Bertz CT molecular complexity index is 575. The third-order valence-corrected chi connectivity index (χ3v) is 4.92. The van der Waals surface area contributed by atoms with E-state index in [4.69, 9.17) is 21.4 Å². The molecule has 2 N–H and O–H groups in total. The molecule has 1 fully saturated rings. The van der Waals surface area contributed by atoms with Crippen molar-refractivity contribution >= 4 is 23.5 Å². The summed E-state index contributed by atoms with van der Waals surface area (Å²) in [6.07, 6.45) is 2.28. The van der Waals surface area contributed by atoms with Gasteiger partial charge in [-0.15, -0.1) is 0 Å². The Kier molecular flexibility index (Phi) is 6.63. The Morgan fingerprint density at radius 3 is 2.46 bits per heavy atom. The molecular formula is C18H24ClNO4. The third kappa shape index (κ3) is 4.71. The maximum atomic E-state index is 12.5. The summed E-state index contributed by atoms with van der Waals surface area (Å²) >= 11 is 5.91. The second-order valence-corrected chi connectivity index (χ2v) is 6.84. The van der Waals surface area contributed by atoms with E-state index in [0.717, 1.165) is 18.4 Å². The molecule has 0 radical (unpaired) electrons. The van der Waals surface area contributed by atoms with Crippen LogP contribution in [0.15, 0.2) is 24.3 Å². The van der Waals surface area contributed by atoms with Crippen LogP contribution in [-0.4, -0.2) is 30.1 Å². The van der Waals surface area contributed by atoms with Crippen LogP contribution >= 0.6 is 11.6 Å². The number of aliphatic carboxylic acids is 1. The first-order valence-corrected chi connectivity index (χ1v) is 8.61. The van der Waals surface area contributed by atoms with Crippen molar-refractivity contribution in [3.63, 3.8) is 0 Å². The van der Waals surface area contributed by atoms with Gasteiger partial charge in [-0.3, -0.25) is 9.59 Å². The number of carbonyl (C=O) groups is 2. The van der Waals surface area contributed by atoms with Crippen LogP contribution in [0.25, 0.3) is 0 Å². The summed E-state index contributed by atoms with van der Waals surface area (Å²) in [6.45, 7) is 1.89. The van der Waals surface area contributed by atoms with Crippen LogP contribution in [0.2, 0.25) is 5.02 Å². The minimum atomic E-state index is -0.809. The smallest absolute Gasteiger partial charge is 0.306 e. The molecule has 1 aromatic carbocycles. The number of carboxylic acid groups (broad SMARTS) is 1. The number of amides is 1. The van der Waals surface area contributed by atoms with Crippen molar-refractivity contribution in [1.29, 1.82) is 0 Å². The molecule has 0 heterocycles. The fourth-order valence-electron chi connectivity index (χ4n) is 3.35. The number of carboxylic acids is 1. The van der Waals surface area contributed by atoms with Crippen LogP contribution in [-0.2, 0) is 14.3 Å². The summed E-state index contributed by atoms with van der Waals surface area (Å²) in [6, 6.07) is 7.10. The summed E-state index contributed by atoms with van der Waals surface area (Å²) in [5.74, 6) is -1.56. The van der Waals surface area contributed by atoms with Gasteiger partial charge < -0.3 is 15.2 Å². The maximum Gasteiger partial charge on any atom is 0.306 e. The molecule has 1 aliphatic rings. The van der Waals surface area contributed by atoms with Gasteiger partial charge in [0.15, 0.2) is 0 Å². The van der Waals surface area contributed by atoms with Crippen LogP contribution in [0, 0.1) is 11.8 Å². The first kappa shape index (κ1) is 18.7. The number of rotatable bonds is 6. The van der Waals surface area contributed by atoms with Gasteiger partial charge >= 0.3 is 5.97 Å². The fraction of sp³-hybridized carbons (Fsp3) is 0.556. The number of halogens is 1. The second-order valence-electron chi connectivity index (χ2n) is 6.40. The highest BCUT2D eigenvalue weighted by Crippen LogP contribution is 2.30. The SMILES string of the molecule is COC(c1ccc(Cl)cc1)C(C)NC(=O)C1CCCC(C(=O)O)C1. The maximum absolute atomic E-state index is 12.5. The highest BCUT2D eigenvalue weighted by Gasteiger charge is 2.32. The van der Waals surface area contributed by atoms with Gasteiger partial charge in [0.25, 0.3) is 0 Å². The van der Waals surface area contributed by atoms with Crippen molar-refractivity contribution in [3.05, 3.63) is 34.9 Å². The van der Waals surface area contributed by atoms with Gasteiger partial charge in [0, 0.05) is 18.1 Å². The number of hydrogen-bond acceptors (Lipinski definition) is 3. The summed E-state index contributed by atoms with van der Waals surface area (Å²) in [5.41, 5.74) is 0.932. The first-order valence-electron chi connectivity index (χ1n) is 8.23. The lowest BCUT2D eigenvalue weighted by Gasteiger charge is -2.29. The number of hydrogen-bond donors (Lipinski definition) is 2. The Labute approximate surface area is 147 Å². The molecule has 1 amide bonds. The van der Waals surface area contributed by atoms with E-state index < -0.39 is 11.9 Å². The summed E-state index contributed by atoms with van der Waals surface area (Å²) in [7, 11) is 1.60. The molecule has 0 aromatic heterocycles. The van der Waals surface area contributed by atoms with Crippen molar-refractivity contribution < 1.29 is 19.4 Å². The van der Waals surface area contributed by atoms with E-state index in [1.165, 1.54) is 0 Å². The number of ether oxygens (including phenoxy) is 1. The van der Waals surface area contributed by atoms with E-state index in [1.807, 2.05) is 19.1 Å². The minimum absolute atomic E-state index is 0.0931. The molecule has 1 aliphatic carbocycles. The summed E-state index contributed by atoms with van der Waals surface area (Å²) < 4.78 is 5.53. The number of methoxy groups -OCH3 is 1. The molecule has 132 valence electrons. The molecule has 6 heteroatoms. The number of benzene rings is 1. The Morgan fingerprint density at radius 1 is 1.25 bits per heavy atom. The van der Waals surface area contributed by atoms with E-state index in [9.17, 15) is 9.59 Å². The molecule has 0 saturated heterocycles. The van der Waals surface area contributed by atoms with E-state index in [2.05, 4.69) is 5.32 Å². The molecule has 0 bridgehead atoms. The fourth-order valence-corrected chi connectivity index (χ4v) is 3.48. The molecule has 2 rings (SSSR count). The van der Waals surface area contributed by atoms with Crippen LogP contribution in [0.5, 0.6) is 0 Å². The third-order valence-electron chi connectivity index (χ3n) is 4.67. The molecular weight excluding hydrogens is 330 g/mol. The van der Waals surface area contributed by atoms with Crippen LogP contribution in [0.1, 0.15) is 44.3 Å². The van der Waals surface area contributed by atoms with Gasteiger partial charge in [-0.2, -0.15) is 0 Å². The van der Waals surface area contributed by atoms with E-state index in [-0.39, 0.29) is 24.0 Å². The lowest BCUT2D eigenvalue weighted by Crippen LogP contribution is -2.42. The van der Waals surface area contributed by atoms with Crippen molar-refractivity contribution in [2.75, 3.05) is 7.11 Å². The standard InChI is InChI=1S/C18H24ClNO4/c1-11(16(24-2)12-6-8-15(19)9-7-12)20-17(21)13-4-3-5-14(10-13)18(22)23/h6-9,11,13-14,16H,3-5,10H2,1-2H3,(H,20,21)(H,22,23). The zero-order valence-corrected chi connectivity index (χ0v) is 14.8. The van der Waals surface area contributed by atoms with Crippen LogP contribution < -0.4 is 5.32 Å². The van der Waals surface area contributed by atoms with Crippen molar-refractivity contribution in [2.45, 2.75) is 44.8 Å². The normalized spacial score (nSPS) is 23.3. The Morgan fingerprint density at radius 2 is 1.88 bits per heavy atom. The molecule has 0 aliphatic heterocycles. The van der Waals surface area contributed by atoms with Crippen LogP contribution in [0.3, 0.4) is 0 Å². The summed E-state index contributed by atoms with van der Waals surface area (Å²) in [4.78, 5) is 23.7. The second kappa shape index (κ2) is 8.49. The van der Waals surface area contributed by atoms with Gasteiger partial charge in [0.05, 0.1) is 12.0 Å². The zero-order chi connectivity index (χ0) is 17.7. The summed E-state index contributed by atoms with van der Waals surface area (Å²) in [5, 5.41) is 12.8. The van der Waals surface area contributed by atoms with E-state index in [1.54, 1.807) is 19.2 Å². The highest BCUT2D eigenvalue weighted by molar-refractivity contribution is 6.30. The molecule has 1 saturated carbocycles. The lowest BCUT2D eigenvalue weighted by molar-refractivity contribution is -0.144. The van der Waals surface area contributed by atoms with Crippen molar-refractivity contribution in [1.82, 2.24) is 5.32 Å². The lowest BCUT2D eigenvalue weighted by atomic mass is 9.81. The Hall–Kier alpha value is -1.59. The average Bonchev–Trinajstić information content (AvgIpc) is 2.57. The molecule has 24 heavy (non-hydrogen) atoms. The molecule has 4 unspecified atom stereocenters. The predicted octanol–water partition coefficient (Wildman–Crippen LogP) is 3.42. The van der Waals surface area contributed by atoms with Crippen molar-refractivity contribution in [2.24, 2.45) is 11.8 Å². The van der Waals surface area contributed by atoms with Gasteiger partial charge in [-0.1, -0.05) is 30.2 Å². The monoisotopic (exact) mass is 353 g/mol.